The standard InChI is InChI=1S/C20H31N3O2/c1-5-22(4)14-17-9-6-8-16(12-17)13-21-19(24)18-10-7-11-23(18)20(25)15(2)3/h6,8-9,12,15,18H,5,7,10-11,13-14H2,1-4H3,(H,21,24)/t18-/m1/s1. The molecule has 0 saturated carbocycles. The molecule has 0 spiro atoms. The second-order valence-electron chi connectivity index (χ2n) is 7.21. The number of rotatable bonds is 7. The Hall–Kier alpha value is -1.88. The molecule has 0 radical (unpaired) electrons. The molecule has 138 valence electrons. The highest BCUT2D eigenvalue weighted by molar-refractivity contribution is 5.88. The van der Waals surface area contributed by atoms with E-state index in [0.29, 0.717) is 13.1 Å². The Labute approximate surface area is 151 Å². The topological polar surface area (TPSA) is 52.7 Å². The number of nitrogens with one attached hydrogen (secondary N) is 1. The molecular formula is C20H31N3O2. The summed E-state index contributed by atoms with van der Waals surface area (Å²) in [6.45, 7) is 9.00. The number of likely N-dealkylation sites (tertiary alicyclic amines) is 1. The zero-order chi connectivity index (χ0) is 18.4. The lowest BCUT2D eigenvalue weighted by atomic mass is 10.1. The highest BCUT2D eigenvalue weighted by Gasteiger charge is 2.34. The molecule has 25 heavy (non-hydrogen) atoms. The highest BCUT2D eigenvalue weighted by atomic mass is 16.2. The van der Waals surface area contributed by atoms with E-state index in [4.69, 9.17) is 0 Å². The molecule has 2 rings (SSSR count). The van der Waals surface area contributed by atoms with Crippen molar-refractivity contribution in [2.24, 2.45) is 5.92 Å². The molecule has 1 aliphatic heterocycles. The van der Waals surface area contributed by atoms with Crippen molar-refractivity contribution in [1.29, 1.82) is 0 Å². The van der Waals surface area contributed by atoms with Crippen molar-refractivity contribution in [3.8, 4) is 0 Å². The zero-order valence-electron chi connectivity index (χ0n) is 15.9. The van der Waals surface area contributed by atoms with Crippen LogP contribution in [0.25, 0.3) is 0 Å². The summed E-state index contributed by atoms with van der Waals surface area (Å²) in [4.78, 5) is 28.8. The number of benzene rings is 1. The summed E-state index contributed by atoms with van der Waals surface area (Å²) in [7, 11) is 2.09. The van der Waals surface area contributed by atoms with Crippen LogP contribution in [0, 0.1) is 5.92 Å². The first-order valence-corrected chi connectivity index (χ1v) is 9.27. The summed E-state index contributed by atoms with van der Waals surface area (Å²) in [5.74, 6) is -0.0366. The van der Waals surface area contributed by atoms with Crippen molar-refractivity contribution in [2.75, 3.05) is 20.1 Å². The van der Waals surface area contributed by atoms with E-state index >= 15 is 0 Å². The maximum Gasteiger partial charge on any atom is 0.243 e. The van der Waals surface area contributed by atoms with E-state index in [9.17, 15) is 9.59 Å². The SMILES string of the molecule is CCN(C)Cc1cccc(CNC(=O)[C@H]2CCCN2C(=O)C(C)C)c1. The van der Waals surface area contributed by atoms with E-state index in [0.717, 1.165) is 31.5 Å². The molecule has 1 aromatic rings. The molecule has 1 N–H and O–H groups in total. The van der Waals surface area contributed by atoms with Gasteiger partial charge in [-0.3, -0.25) is 9.59 Å². The van der Waals surface area contributed by atoms with Crippen LogP contribution in [0.5, 0.6) is 0 Å². The molecule has 0 unspecified atom stereocenters. The first-order chi connectivity index (χ1) is 11.9. The van der Waals surface area contributed by atoms with Gasteiger partial charge in [0.2, 0.25) is 11.8 Å². The van der Waals surface area contributed by atoms with Crippen molar-refractivity contribution in [1.82, 2.24) is 15.1 Å². The Morgan fingerprint density at radius 2 is 2.04 bits per heavy atom. The van der Waals surface area contributed by atoms with E-state index in [1.807, 2.05) is 26.0 Å². The van der Waals surface area contributed by atoms with Crippen LogP contribution >= 0.6 is 0 Å². The molecule has 1 fully saturated rings. The van der Waals surface area contributed by atoms with Crippen molar-refractivity contribution in [3.63, 3.8) is 0 Å². The van der Waals surface area contributed by atoms with Gasteiger partial charge in [0.15, 0.2) is 0 Å². The fraction of sp³-hybridized carbons (Fsp3) is 0.600. The minimum absolute atomic E-state index is 0.0393. The van der Waals surface area contributed by atoms with E-state index in [1.165, 1.54) is 5.56 Å². The molecule has 1 atom stereocenters. The Bertz CT molecular complexity index is 600. The first-order valence-electron chi connectivity index (χ1n) is 9.27. The van der Waals surface area contributed by atoms with E-state index < -0.39 is 0 Å². The van der Waals surface area contributed by atoms with Crippen LogP contribution in [-0.4, -0.2) is 47.8 Å². The second-order valence-corrected chi connectivity index (χ2v) is 7.21. The molecule has 1 aromatic carbocycles. The number of carbonyl (C=O) groups is 2. The lowest BCUT2D eigenvalue weighted by molar-refractivity contribution is -0.140. The highest BCUT2D eigenvalue weighted by Crippen LogP contribution is 2.20. The number of nitrogens with zero attached hydrogens (tertiary/aromatic N) is 2. The van der Waals surface area contributed by atoms with Gasteiger partial charge in [-0.2, -0.15) is 0 Å². The van der Waals surface area contributed by atoms with Gasteiger partial charge in [-0.25, -0.2) is 0 Å². The first kappa shape index (κ1) is 19.4. The summed E-state index contributed by atoms with van der Waals surface area (Å²) in [6.07, 6.45) is 1.65. The fourth-order valence-electron chi connectivity index (χ4n) is 3.20. The molecule has 2 amide bonds. The quantitative estimate of drug-likeness (QED) is 0.826. The van der Waals surface area contributed by atoms with Crippen LogP contribution in [0.15, 0.2) is 24.3 Å². The Kier molecular flexibility index (Phi) is 7.00. The normalized spacial score (nSPS) is 17.4. The Morgan fingerprint density at radius 3 is 2.72 bits per heavy atom. The third-order valence-corrected chi connectivity index (χ3v) is 4.78. The smallest absolute Gasteiger partial charge is 0.243 e. The number of hydrogen-bond acceptors (Lipinski definition) is 3. The zero-order valence-corrected chi connectivity index (χ0v) is 15.9. The molecule has 5 nitrogen and oxygen atoms in total. The van der Waals surface area contributed by atoms with Gasteiger partial charge in [-0.1, -0.05) is 45.0 Å². The van der Waals surface area contributed by atoms with Gasteiger partial charge in [0.25, 0.3) is 0 Å². The molecule has 1 heterocycles. The number of carbonyl (C=O) groups excluding carboxylic acids is 2. The van der Waals surface area contributed by atoms with Crippen molar-refractivity contribution >= 4 is 11.8 Å². The second kappa shape index (κ2) is 8.99. The van der Waals surface area contributed by atoms with Crippen LogP contribution < -0.4 is 5.32 Å². The van der Waals surface area contributed by atoms with Gasteiger partial charge in [0.05, 0.1) is 0 Å². The fourth-order valence-corrected chi connectivity index (χ4v) is 3.20. The molecule has 1 saturated heterocycles. The van der Waals surface area contributed by atoms with Crippen molar-refractivity contribution < 1.29 is 9.59 Å². The minimum atomic E-state index is -0.315. The molecule has 1 aliphatic rings. The Morgan fingerprint density at radius 1 is 1.32 bits per heavy atom. The maximum atomic E-state index is 12.6. The summed E-state index contributed by atoms with van der Waals surface area (Å²) >= 11 is 0. The number of hydrogen-bond donors (Lipinski definition) is 1. The molecule has 0 aliphatic carbocycles. The van der Waals surface area contributed by atoms with Crippen molar-refractivity contribution in [3.05, 3.63) is 35.4 Å². The van der Waals surface area contributed by atoms with Crippen LogP contribution in [0.2, 0.25) is 0 Å². The van der Waals surface area contributed by atoms with E-state index in [1.54, 1.807) is 4.90 Å². The van der Waals surface area contributed by atoms with Gasteiger partial charge in [-0.15, -0.1) is 0 Å². The monoisotopic (exact) mass is 345 g/mol. The van der Waals surface area contributed by atoms with Gasteiger partial charge in [0, 0.05) is 25.6 Å². The third-order valence-electron chi connectivity index (χ3n) is 4.78. The Balaban J connectivity index is 1.93. The van der Waals surface area contributed by atoms with Crippen LogP contribution in [0.3, 0.4) is 0 Å². The molecule has 0 bridgehead atoms. The van der Waals surface area contributed by atoms with Crippen LogP contribution in [0.4, 0.5) is 0 Å². The minimum Gasteiger partial charge on any atom is -0.350 e. The average Bonchev–Trinajstić information content (AvgIpc) is 3.08. The van der Waals surface area contributed by atoms with Gasteiger partial charge in [-0.05, 0) is 37.6 Å². The summed E-state index contributed by atoms with van der Waals surface area (Å²) in [5.41, 5.74) is 2.34. The molecule has 5 heteroatoms. The van der Waals surface area contributed by atoms with E-state index in [2.05, 4.69) is 36.3 Å². The predicted molar refractivity (Wildman–Crippen MR) is 99.9 cm³/mol. The van der Waals surface area contributed by atoms with Crippen LogP contribution in [-0.2, 0) is 22.7 Å². The average molecular weight is 345 g/mol. The van der Waals surface area contributed by atoms with Gasteiger partial charge >= 0.3 is 0 Å². The number of amides is 2. The van der Waals surface area contributed by atoms with E-state index in [-0.39, 0.29) is 23.8 Å². The van der Waals surface area contributed by atoms with Crippen molar-refractivity contribution in [2.45, 2.75) is 52.7 Å². The largest absolute Gasteiger partial charge is 0.350 e. The molecule has 0 aromatic heterocycles. The van der Waals surface area contributed by atoms with Gasteiger partial charge < -0.3 is 15.1 Å². The lowest BCUT2D eigenvalue weighted by Crippen LogP contribution is -2.47. The summed E-state index contributed by atoms with van der Waals surface area (Å²) < 4.78 is 0. The predicted octanol–water partition coefficient (Wildman–Crippen LogP) is 2.40. The molecular weight excluding hydrogens is 314 g/mol. The lowest BCUT2D eigenvalue weighted by Gasteiger charge is -2.25. The maximum absolute atomic E-state index is 12.6. The van der Waals surface area contributed by atoms with Crippen LogP contribution in [0.1, 0.15) is 44.7 Å². The summed E-state index contributed by atoms with van der Waals surface area (Å²) in [6, 6.07) is 7.99. The summed E-state index contributed by atoms with van der Waals surface area (Å²) in [5, 5.41) is 3.01. The third kappa shape index (κ3) is 5.30. The van der Waals surface area contributed by atoms with Gasteiger partial charge in [0.1, 0.15) is 6.04 Å².